The first-order chi connectivity index (χ1) is 14.5. The highest BCUT2D eigenvalue weighted by Gasteiger charge is 2.17. The molecule has 3 rings (SSSR count). The summed E-state index contributed by atoms with van der Waals surface area (Å²) < 4.78 is 18.4. The summed E-state index contributed by atoms with van der Waals surface area (Å²) in [4.78, 5) is 19.1. The molecule has 2 aromatic carbocycles. The van der Waals surface area contributed by atoms with Gasteiger partial charge in [-0.1, -0.05) is 0 Å². The van der Waals surface area contributed by atoms with Crippen LogP contribution in [0.5, 0.6) is 0 Å². The average Bonchev–Trinajstić information content (AvgIpc) is 2.76. The Morgan fingerprint density at radius 1 is 1.27 bits per heavy atom. The van der Waals surface area contributed by atoms with Crippen LogP contribution in [0.25, 0.3) is 0 Å². The molecular formula is C22H22FN5O2. The lowest BCUT2D eigenvalue weighted by atomic mass is 10.1. The Morgan fingerprint density at radius 2 is 1.97 bits per heavy atom. The minimum Gasteiger partial charge on any atom is -0.404 e. The molecule has 1 amide bonds. The number of rotatable bonds is 5. The number of nitrogens with one attached hydrogen (secondary N) is 1. The second kappa shape index (κ2) is 9.67. The molecule has 1 fully saturated rings. The summed E-state index contributed by atoms with van der Waals surface area (Å²) in [6, 6.07) is 13.0. The van der Waals surface area contributed by atoms with Gasteiger partial charge in [-0.2, -0.15) is 5.26 Å². The molecule has 30 heavy (non-hydrogen) atoms. The molecule has 2 aromatic rings. The van der Waals surface area contributed by atoms with E-state index in [2.05, 4.69) is 21.3 Å². The fraction of sp³-hybridized carbons (Fsp3) is 0.227. The Labute approximate surface area is 174 Å². The largest absolute Gasteiger partial charge is 0.404 e. The number of nitrogens with zero attached hydrogens (tertiary/aromatic N) is 3. The Bertz CT molecular complexity index is 1020. The van der Waals surface area contributed by atoms with Crippen LogP contribution in [0.1, 0.15) is 12.5 Å². The molecule has 0 aromatic heterocycles. The minimum atomic E-state index is -0.455. The van der Waals surface area contributed by atoms with Gasteiger partial charge < -0.3 is 20.7 Å². The first kappa shape index (κ1) is 21.0. The van der Waals surface area contributed by atoms with Crippen LogP contribution < -0.4 is 16.0 Å². The van der Waals surface area contributed by atoms with E-state index in [1.807, 2.05) is 6.07 Å². The van der Waals surface area contributed by atoms with Gasteiger partial charge in [0, 0.05) is 25.0 Å². The number of nitrogens with two attached hydrogens (primary N) is 1. The van der Waals surface area contributed by atoms with Crippen molar-refractivity contribution in [1.29, 1.82) is 5.26 Å². The third-order valence-electron chi connectivity index (χ3n) is 4.65. The van der Waals surface area contributed by atoms with Crippen molar-refractivity contribution in [2.45, 2.75) is 6.92 Å². The third kappa shape index (κ3) is 5.01. The third-order valence-corrected chi connectivity index (χ3v) is 4.65. The van der Waals surface area contributed by atoms with Crippen LogP contribution in [0.2, 0.25) is 0 Å². The van der Waals surface area contributed by atoms with Crippen LogP contribution >= 0.6 is 0 Å². The number of hydrogen-bond donors (Lipinski definition) is 2. The molecule has 0 saturated carbocycles. The molecule has 0 radical (unpaired) electrons. The summed E-state index contributed by atoms with van der Waals surface area (Å²) in [7, 11) is 0. The first-order valence-electron chi connectivity index (χ1n) is 9.43. The summed E-state index contributed by atoms with van der Waals surface area (Å²) >= 11 is 0. The molecule has 1 heterocycles. The van der Waals surface area contributed by atoms with E-state index in [-0.39, 0.29) is 11.4 Å². The number of nitriles is 1. The van der Waals surface area contributed by atoms with E-state index >= 15 is 0 Å². The van der Waals surface area contributed by atoms with E-state index in [1.165, 1.54) is 30.5 Å². The summed E-state index contributed by atoms with van der Waals surface area (Å²) in [6.07, 6.45) is 1.17. The number of aliphatic imine (C=N–C) groups is 1. The Morgan fingerprint density at radius 3 is 2.60 bits per heavy atom. The summed E-state index contributed by atoms with van der Waals surface area (Å²) in [5.41, 5.74) is 8.45. The Kier molecular flexibility index (Phi) is 6.78. The molecule has 3 N–H and O–H groups in total. The molecule has 1 saturated heterocycles. The van der Waals surface area contributed by atoms with E-state index in [0.29, 0.717) is 49.0 Å². The summed E-state index contributed by atoms with van der Waals surface area (Å²) in [6.45, 7) is 4.28. The zero-order valence-corrected chi connectivity index (χ0v) is 16.6. The second-order valence-corrected chi connectivity index (χ2v) is 6.65. The number of benzene rings is 2. The topological polar surface area (TPSA) is 104 Å². The Balaban J connectivity index is 1.76. The SMILES string of the molecule is CC(=Nc1ccc(F)cc1)C(=CN)C(=O)Nc1ccc(N2CCOCC2)c(C#N)c1. The number of halogens is 1. The number of anilines is 2. The number of carbonyl (C=O) groups is 1. The van der Waals surface area contributed by atoms with Crippen molar-refractivity contribution in [2.75, 3.05) is 36.5 Å². The van der Waals surface area contributed by atoms with E-state index in [4.69, 9.17) is 10.5 Å². The molecule has 154 valence electrons. The van der Waals surface area contributed by atoms with Crippen molar-refractivity contribution in [3.8, 4) is 6.07 Å². The standard InChI is InChI=1S/C22H22FN5O2/c1-15(26-18-4-2-17(23)3-5-18)20(14-25)22(29)27-19-6-7-21(16(12-19)13-24)28-8-10-30-11-9-28/h2-7,12,14H,8-11,25H2,1H3,(H,27,29). The van der Waals surface area contributed by atoms with E-state index in [1.54, 1.807) is 19.1 Å². The van der Waals surface area contributed by atoms with Gasteiger partial charge in [-0.15, -0.1) is 0 Å². The quantitative estimate of drug-likeness (QED) is 0.585. The molecule has 1 aliphatic heterocycles. The van der Waals surface area contributed by atoms with Crippen molar-refractivity contribution in [3.63, 3.8) is 0 Å². The van der Waals surface area contributed by atoms with Gasteiger partial charge in [0.05, 0.1) is 41.4 Å². The Hall–Kier alpha value is -3.70. The van der Waals surface area contributed by atoms with Crippen molar-refractivity contribution in [1.82, 2.24) is 0 Å². The maximum absolute atomic E-state index is 13.1. The van der Waals surface area contributed by atoms with E-state index < -0.39 is 5.91 Å². The zero-order chi connectivity index (χ0) is 21.5. The highest BCUT2D eigenvalue weighted by molar-refractivity contribution is 6.25. The van der Waals surface area contributed by atoms with Gasteiger partial charge in [0.15, 0.2) is 0 Å². The number of morpholine rings is 1. The van der Waals surface area contributed by atoms with Crippen LogP contribution in [-0.2, 0) is 9.53 Å². The molecule has 8 heteroatoms. The first-order valence-corrected chi connectivity index (χ1v) is 9.43. The van der Waals surface area contributed by atoms with E-state index in [9.17, 15) is 14.4 Å². The number of amides is 1. The van der Waals surface area contributed by atoms with Gasteiger partial charge in [-0.05, 0) is 49.4 Å². The van der Waals surface area contributed by atoms with Crippen LogP contribution in [0.15, 0.2) is 59.2 Å². The zero-order valence-electron chi connectivity index (χ0n) is 16.6. The molecule has 0 bridgehead atoms. The number of ether oxygens (including phenoxy) is 1. The molecule has 1 aliphatic rings. The van der Waals surface area contributed by atoms with Gasteiger partial charge in [-0.25, -0.2) is 4.39 Å². The maximum atomic E-state index is 13.1. The highest BCUT2D eigenvalue weighted by Crippen LogP contribution is 2.25. The number of hydrogen-bond acceptors (Lipinski definition) is 6. The lowest BCUT2D eigenvalue weighted by Gasteiger charge is -2.29. The van der Waals surface area contributed by atoms with Gasteiger partial charge >= 0.3 is 0 Å². The van der Waals surface area contributed by atoms with Crippen molar-refractivity contribution in [3.05, 3.63) is 65.6 Å². The molecule has 0 aliphatic carbocycles. The molecule has 7 nitrogen and oxygen atoms in total. The van der Waals surface area contributed by atoms with Crippen molar-refractivity contribution < 1.29 is 13.9 Å². The number of carbonyl (C=O) groups excluding carboxylic acids is 1. The van der Waals surface area contributed by atoms with Crippen molar-refractivity contribution >= 4 is 28.7 Å². The van der Waals surface area contributed by atoms with Crippen LogP contribution in [0.3, 0.4) is 0 Å². The molecular weight excluding hydrogens is 385 g/mol. The van der Waals surface area contributed by atoms with Crippen LogP contribution in [-0.4, -0.2) is 37.9 Å². The minimum absolute atomic E-state index is 0.176. The van der Waals surface area contributed by atoms with Crippen molar-refractivity contribution in [2.24, 2.45) is 10.7 Å². The maximum Gasteiger partial charge on any atom is 0.258 e. The monoisotopic (exact) mass is 407 g/mol. The highest BCUT2D eigenvalue weighted by atomic mass is 19.1. The predicted octanol–water partition coefficient (Wildman–Crippen LogP) is 3.11. The summed E-state index contributed by atoms with van der Waals surface area (Å²) in [5.74, 6) is -0.823. The fourth-order valence-corrected chi connectivity index (χ4v) is 3.11. The van der Waals surface area contributed by atoms with Gasteiger partial charge in [0.1, 0.15) is 11.9 Å². The van der Waals surface area contributed by atoms with Gasteiger partial charge in [0.25, 0.3) is 5.91 Å². The normalized spacial score (nSPS) is 14.9. The second-order valence-electron chi connectivity index (χ2n) is 6.65. The molecule has 0 unspecified atom stereocenters. The van der Waals surface area contributed by atoms with Gasteiger partial charge in [0.2, 0.25) is 0 Å². The smallest absolute Gasteiger partial charge is 0.258 e. The van der Waals surface area contributed by atoms with Gasteiger partial charge in [-0.3, -0.25) is 9.79 Å². The van der Waals surface area contributed by atoms with E-state index in [0.717, 1.165) is 5.69 Å². The van der Waals surface area contributed by atoms with Crippen LogP contribution in [0, 0.1) is 17.1 Å². The summed E-state index contributed by atoms with van der Waals surface area (Å²) in [5, 5.41) is 12.3. The fourth-order valence-electron chi connectivity index (χ4n) is 3.11. The lowest BCUT2D eigenvalue weighted by Crippen LogP contribution is -2.36. The molecule has 0 atom stereocenters. The molecule has 0 spiro atoms. The lowest BCUT2D eigenvalue weighted by molar-refractivity contribution is -0.112. The average molecular weight is 407 g/mol. The predicted molar refractivity (Wildman–Crippen MR) is 114 cm³/mol. The van der Waals surface area contributed by atoms with Crippen LogP contribution in [0.4, 0.5) is 21.5 Å².